The van der Waals surface area contributed by atoms with Crippen molar-refractivity contribution < 1.29 is 4.79 Å². The van der Waals surface area contributed by atoms with Crippen LogP contribution in [0.3, 0.4) is 0 Å². The quantitative estimate of drug-likeness (QED) is 0.730. The molecule has 0 aliphatic rings. The summed E-state index contributed by atoms with van der Waals surface area (Å²) in [6.45, 7) is 9.85. The highest BCUT2D eigenvalue weighted by molar-refractivity contribution is 5.81. The molecule has 4 nitrogen and oxygen atoms in total. The summed E-state index contributed by atoms with van der Waals surface area (Å²) < 4.78 is 0. The van der Waals surface area contributed by atoms with E-state index in [1.807, 2.05) is 25.9 Å². The Balaban J connectivity index is 4.48. The van der Waals surface area contributed by atoms with Crippen LogP contribution in [0, 0.1) is 5.92 Å². The molecule has 0 aliphatic carbocycles. The number of likely N-dealkylation sites (N-methyl/N-ethyl adjacent to an activating group) is 2. The Kier molecular flexibility index (Phi) is 7.39. The summed E-state index contributed by atoms with van der Waals surface area (Å²) in [7, 11) is 4.03. The predicted octanol–water partition coefficient (Wildman–Crippen LogP) is 1.16. The molecule has 0 aromatic heterocycles. The van der Waals surface area contributed by atoms with Gasteiger partial charge >= 0.3 is 0 Å². The molecule has 0 saturated heterocycles. The van der Waals surface area contributed by atoms with Gasteiger partial charge in [0.2, 0.25) is 5.91 Å². The summed E-state index contributed by atoms with van der Waals surface area (Å²) in [5.74, 6) is 0.535. The van der Waals surface area contributed by atoms with Crippen molar-refractivity contribution in [3.8, 4) is 0 Å². The van der Waals surface area contributed by atoms with E-state index in [2.05, 4.69) is 25.7 Å². The number of carbonyl (C=O) groups is 1. The molecule has 1 amide bonds. The molecule has 0 spiro atoms. The second-order valence-electron chi connectivity index (χ2n) is 5.47. The molecule has 0 rings (SSSR count). The number of amides is 1. The van der Waals surface area contributed by atoms with Gasteiger partial charge in [-0.3, -0.25) is 4.79 Å². The molecule has 4 heteroatoms. The zero-order chi connectivity index (χ0) is 13.6. The van der Waals surface area contributed by atoms with Gasteiger partial charge in [-0.15, -0.1) is 0 Å². The van der Waals surface area contributed by atoms with E-state index in [9.17, 15) is 4.79 Å². The molecule has 0 bridgehead atoms. The van der Waals surface area contributed by atoms with Gasteiger partial charge in [0, 0.05) is 19.1 Å². The van der Waals surface area contributed by atoms with Crippen molar-refractivity contribution in [2.45, 2.75) is 46.2 Å². The Labute approximate surface area is 106 Å². The Morgan fingerprint density at radius 3 is 2.12 bits per heavy atom. The fraction of sp³-hybridized carbons (Fsp3) is 0.923. The van der Waals surface area contributed by atoms with Crippen molar-refractivity contribution in [2.75, 3.05) is 27.2 Å². The highest BCUT2D eigenvalue weighted by Gasteiger charge is 2.24. The first kappa shape index (κ1) is 16.4. The number of nitrogens with two attached hydrogens (primary N) is 1. The van der Waals surface area contributed by atoms with Gasteiger partial charge in [-0.25, -0.2) is 0 Å². The normalized spacial score (nSPS) is 15.1. The first-order chi connectivity index (χ1) is 7.79. The van der Waals surface area contributed by atoms with Crippen molar-refractivity contribution in [1.82, 2.24) is 9.80 Å². The third kappa shape index (κ3) is 6.03. The minimum atomic E-state index is -0.362. The SMILES string of the molecule is CCN(C(=O)C(N)CC(C)C)C(C)CN(C)C. The van der Waals surface area contributed by atoms with Gasteiger partial charge in [0.15, 0.2) is 0 Å². The summed E-state index contributed by atoms with van der Waals surface area (Å²) in [6.07, 6.45) is 0.754. The molecule has 0 heterocycles. The number of hydrogen-bond donors (Lipinski definition) is 1. The molecule has 0 aromatic rings. The summed E-state index contributed by atoms with van der Waals surface area (Å²) >= 11 is 0. The molecule has 0 aliphatic heterocycles. The van der Waals surface area contributed by atoms with Gasteiger partial charge in [-0.05, 0) is 40.3 Å². The van der Waals surface area contributed by atoms with Gasteiger partial charge in [-0.1, -0.05) is 13.8 Å². The maximum atomic E-state index is 12.2. The minimum absolute atomic E-state index is 0.0792. The maximum Gasteiger partial charge on any atom is 0.239 e. The van der Waals surface area contributed by atoms with Crippen LogP contribution in [0.2, 0.25) is 0 Å². The van der Waals surface area contributed by atoms with E-state index in [0.29, 0.717) is 5.92 Å². The van der Waals surface area contributed by atoms with E-state index in [-0.39, 0.29) is 18.0 Å². The maximum absolute atomic E-state index is 12.2. The topological polar surface area (TPSA) is 49.6 Å². The first-order valence-corrected chi connectivity index (χ1v) is 6.50. The van der Waals surface area contributed by atoms with E-state index in [1.54, 1.807) is 0 Å². The summed E-state index contributed by atoms with van der Waals surface area (Å²) in [4.78, 5) is 16.2. The summed E-state index contributed by atoms with van der Waals surface area (Å²) in [6, 6.07) is -0.153. The van der Waals surface area contributed by atoms with Crippen molar-refractivity contribution in [1.29, 1.82) is 0 Å². The predicted molar refractivity (Wildman–Crippen MR) is 72.8 cm³/mol. The van der Waals surface area contributed by atoms with Gasteiger partial charge in [0.05, 0.1) is 6.04 Å². The van der Waals surface area contributed by atoms with Crippen LogP contribution >= 0.6 is 0 Å². The number of carbonyl (C=O) groups excluding carboxylic acids is 1. The Hall–Kier alpha value is -0.610. The molecule has 0 fully saturated rings. The van der Waals surface area contributed by atoms with E-state index < -0.39 is 0 Å². The average molecular weight is 243 g/mol. The molecular weight excluding hydrogens is 214 g/mol. The fourth-order valence-corrected chi connectivity index (χ4v) is 2.13. The van der Waals surface area contributed by atoms with Gasteiger partial charge in [-0.2, -0.15) is 0 Å². The monoisotopic (exact) mass is 243 g/mol. The lowest BCUT2D eigenvalue weighted by atomic mass is 10.0. The zero-order valence-corrected chi connectivity index (χ0v) is 12.2. The Morgan fingerprint density at radius 1 is 1.24 bits per heavy atom. The molecule has 0 saturated carbocycles. The van der Waals surface area contributed by atoms with Crippen LogP contribution in [0.15, 0.2) is 0 Å². The van der Waals surface area contributed by atoms with Crippen molar-refractivity contribution in [3.05, 3.63) is 0 Å². The zero-order valence-electron chi connectivity index (χ0n) is 12.2. The standard InChI is InChI=1S/C13H29N3O/c1-7-16(11(4)9-15(5)6)13(17)12(14)8-10(2)3/h10-12H,7-9,14H2,1-6H3. The molecule has 17 heavy (non-hydrogen) atoms. The number of nitrogens with zero attached hydrogens (tertiary/aromatic N) is 2. The Bertz CT molecular complexity index is 229. The van der Waals surface area contributed by atoms with Gasteiger partial charge in [0.1, 0.15) is 0 Å². The lowest BCUT2D eigenvalue weighted by molar-refractivity contribution is -0.135. The molecule has 0 radical (unpaired) electrons. The average Bonchev–Trinajstić information content (AvgIpc) is 2.16. The first-order valence-electron chi connectivity index (χ1n) is 6.50. The molecular formula is C13H29N3O. The van der Waals surface area contributed by atoms with E-state index in [1.165, 1.54) is 0 Å². The number of rotatable bonds is 7. The van der Waals surface area contributed by atoms with E-state index in [4.69, 9.17) is 5.73 Å². The van der Waals surface area contributed by atoms with Crippen molar-refractivity contribution in [2.24, 2.45) is 11.7 Å². The Morgan fingerprint density at radius 2 is 1.76 bits per heavy atom. The van der Waals surface area contributed by atoms with Crippen LogP contribution in [0.5, 0.6) is 0 Å². The van der Waals surface area contributed by atoms with Crippen LogP contribution in [0.4, 0.5) is 0 Å². The second kappa shape index (κ2) is 7.67. The smallest absolute Gasteiger partial charge is 0.239 e. The fourth-order valence-electron chi connectivity index (χ4n) is 2.13. The van der Waals surface area contributed by atoms with Crippen molar-refractivity contribution in [3.63, 3.8) is 0 Å². The minimum Gasteiger partial charge on any atom is -0.338 e. The molecule has 0 aromatic carbocycles. The lowest BCUT2D eigenvalue weighted by Crippen LogP contribution is -2.50. The van der Waals surface area contributed by atoms with Crippen LogP contribution in [-0.2, 0) is 4.79 Å². The van der Waals surface area contributed by atoms with Gasteiger partial charge in [0.25, 0.3) is 0 Å². The highest BCUT2D eigenvalue weighted by Crippen LogP contribution is 2.09. The highest BCUT2D eigenvalue weighted by atomic mass is 16.2. The molecule has 102 valence electrons. The van der Waals surface area contributed by atoms with Crippen LogP contribution in [-0.4, -0.2) is 55.0 Å². The molecule has 2 N–H and O–H groups in total. The lowest BCUT2D eigenvalue weighted by Gasteiger charge is -2.32. The van der Waals surface area contributed by atoms with Crippen LogP contribution in [0.25, 0.3) is 0 Å². The van der Waals surface area contributed by atoms with Gasteiger partial charge < -0.3 is 15.5 Å². The summed E-state index contributed by atoms with van der Waals surface area (Å²) in [5.41, 5.74) is 5.96. The van der Waals surface area contributed by atoms with E-state index >= 15 is 0 Å². The van der Waals surface area contributed by atoms with E-state index in [0.717, 1.165) is 19.5 Å². The second-order valence-corrected chi connectivity index (χ2v) is 5.47. The third-order valence-corrected chi connectivity index (χ3v) is 2.83. The summed E-state index contributed by atoms with van der Waals surface area (Å²) in [5, 5.41) is 0. The van der Waals surface area contributed by atoms with Crippen LogP contribution in [0.1, 0.15) is 34.1 Å². The third-order valence-electron chi connectivity index (χ3n) is 2.83. The van der Waals surface area contributed by atoms with Crippen molar-refractivity contribution >= 4 is 5.91 Å². The van der Waals surface area contributed by atoms with Crippen LogP contribution < -0.4 is 5.73 Å². The molecule has 2 unspecified atom stereocenters. The largest absolute Gasteiger partial charge is 0.338 e. The number of hydrogen-bond acceptors (Lipinski definition) is 3. The molecule has 2 atom stereocenters.